The van der Waals surface area contributed by atoms with Gasteiger partial charge in [-0.1, -0.05) is 38.1 Å². The lowest BCUT2D eigenvalue weighted by atomic mass is 9.73. The van der Waals surface area contributed by atoms with Gasteiger partial charge in [-0.3, -0.25) is 9.59 Å². The van der Waals surface area contributed by atoms with Crippen molar-refractivity contribution in [1.29, 1.82) is 0 Å². The van der Waals surface area contributed by atoms with Crippen molar-refractivity contribution in [1.82, 2.24) is 14.9 Å². The fourth-order valence-electron chi connectivity index (χ4n) is 6.35. The average molecular weight is 581 g/mol. The molecule has 0 spiro atoms. The maximum Gasteiger partial charge on any atom is 0.337 e. The van der Waals surface area contributed by atoms with Gasteiger partial charge in [-0.25, -0.2) is 14.8 Å². The quantitative estimate of drug-likeness (QED) is 0.444. The van der Waals surface area contributed by atoms with Gasteiger partial charge in [0, 0.05) is 56.3 Å². The molecule has 3 aliphatic rings. The predicted molar refractivity (Wildman–Crippen MR) is 164 cm³/mol. The van der Waals surface area contributed by atoms with E-state index in [4.69, 9.17) is 4.74 Å². The molecule has 1 atom stereocenters. The Morgan fingerprint density at radius 2 is 1.65 bits per heavy atom. The molecular formula is C33H36N6O4. The second-order valence-electron chi connectivity index (χ2n) is 12.0. The number of hydrogen-bond donors (Lipinski definition) is 1. The average Bonchev–Trinajstić information content (AvgIpc) is 3.15. The Balaban J connectivity index is 1.37. The summed E-state index contributed by atoms with van der Waals surface area (Å²) >= 11 is 0. The summed E-state index contributed by atoms with van der Waals surface area (Å²) in [4.78, 5) is 54.8. The number of amides is 1. The second-order valence-corrected chi connectivity index (χ2v) is 12.0. The lowest BCUT2D eigenvalue weighted by Gasteiger charge is -2.40. The molecule has 43 heavy (non-hydrogen) atoms. The van der Waals surface area contributed by atoms with E-state index in [-0.39, 0.29) is 23.7 Å². The van der Waals surface area contributed by atoms with Gasteiger partial charge < -0.3 is 24.8 Å². The van der Waals surface area contributed by atoms with Crippen LogP contribution in [0.4, 0.5) is 17.3 Å². The minimum atomic E-state index is -0.524. The summed E-state index contributed by atoms with van der Waals surface area (Å²) in [6, 6.07) is 16.3. The van der Waals surface area contributed by atoms with Gasteiger partial charge in [0.15, 0.2) is 5.78 Å². The minimum absolute atomic E-state index is 0.0211. The number of ether oxygens (including phenoxy) is 1. The van der Waals surface area contributed by atoms with E-state index in [9.17, 15) is 14.4 Å². The number of benzene rings is 2. The molecule has 3 aromatic rings. The molecule has 0 saturated carbocycles. The van der Waals surface area contributed by atoms with E-state index in [1.807, 2.05) is 46.2 Å². The van der Waals surface area contributed by atoms with Crippen LogP contribution in [0, 0.1) is 5.41 Å². The van der Waals surface area contributed by atoms with Gasteiger partial charge >= 0.3 is 5.97 Å². The predicted octanol–water partition coefficient (Wildman–Crippen LogP) is 4.23. The van der Waals surface area contributed by atoms with Crippen LogP contribution in [0.1, 0.15) is 48.7 Å². The fraction of sp³-hybridized carbons (Fsp3) is 0.364. The Morgan fingerprint density at radius 1 is 0.953 bits per heavy atom. The summed E-state index contributed by atoms with van der Waals surface area (Å²) in [5.74, 6) is 0.271. The first-order valence-electron chi connectivity index (χ1n) is 14.6. The molecule has 1 aromatic heterocycles. The van der Waals surface area contributed by atoms with Crippen LogP contribution in [0.3, 0.4) is 0 Å². The Hall–Kier alpha value is -4.73. The first-order valence-corrected chi connectivity index (χ1v) is 14.6. The molecule has 10 heteroatoms. The van der Waals surface area contributed by atoms with E-state index in [1.165, 1.54) is 7.11 Å². The van der Waals surface area contributed by atoms with Crippen LogP contribution in [0.25, 0.3) is 0 Å². The number of nitrogens with one attached hydrogen (secondary N) is 1. The number of hydrogen-bond acceptors (Lipinski definition) is 9. The van der Waals surface area contributed by atoms with Crippen LogP contribution in [0.2, 0.25) is 0 Å². The van der Waals surface area contributed by atoms with E-state index < -0.39 is 12.0 Å². The lowest BCUT2D eigenvalue weighted by molar-refractivity contribution is -0.130. The summed E-state index contributed by atoms with van der Waals surface area (Å²) in [5, 5.41) is 3.59. The molecule has 1 saturated heterocycles. The van der Waals surface area contributed by atoms with Crippen LogP contribution in [0.5, 0.6) is 0 Å². The Bertz CT molecular complexity index is 1560. The van der Waals surface area contributed by atoms with E-state index in [0.29, 0.717) is 56.1 Å². The normalized spacial score (nSPS) is 19.7. The number of allylic oxidation sites excluding steroid dienone is 1. The zero-order chi connectivity index (χ0) is 30.1. The smallest absolute Gasteiger partial charge is 0.337 e. The van der Waals surface area contributed by atoms with Gasteiger partial charge in [0.25, 0.3) is 0 Å². The molecular weight excluding hydrogens is 544 g/mol. The van der Waals surface area contributed by atoms with Crippen LogP contribution in [-0.2, 0) is 14.3 Å². The number of Topliss-reactive ketones (excluding diaryl/α,β-unsaturated/α-hetero) is 1. The molecule has 1 N–H and O–H groups in total. The summed E-state index contributed by atoms with van der Waals surface area (Å²) in [7, 11) is 1.35. The number of nitrogens with zero attached hydrogens (tertiary/aromatic N) is 5. The summed E-state index contributed by atoms with van der Waals surface area (Å²) < 4.78 is 4.91. The highest BCUT2D eigenvalue weighted by Gasteiger charge is 2.42. The third-order valence-electron chi connectivity index (χ3n) is 8.42. The number of anilines is 3. The number of aromatic nitrogens is 2. The Morgan fingerprint density at radius 3 is 2.35 bits per heavy atom. The monoisotopic (exact) mass is 580 g/mol. The molecule has 1 unspecified atom stereocenters. The maximum atomic E-state index is 14.0. The highest BCUT2D eigenvalue weighted by Crippen LogP contribution is 2.48. The number of carbonyl (C=O) groups is 3. The number of piperazine rings is 1. The number of carbonyl (C=O) groups excluding carboxylic acids is 3. The van der Waals surface area contributed by atoms with Crippen LogP contribution < -0.4 is 15.1 Å². The van der Waals surface area contributed by atoms with Crippen molar-refractivity contribution >= 4 is 35.0 Å². The number of fused-ring (bicyclic) bond motifs is 1. The molecule has 0 radical (unpaired) electrons. The fourth-order valence-corrected chi connectivity index (χ4v) is 6.35. The van der Waals surface area contributed by atoms with Gasteiger partial charge in [-0.15, -0.1) is 0 Å². The zero-order valence-corrected chi connectivity index (χ0v) is 24.7. The molecule has 1 aliphatic carbocycles. The molecule has 2 aliphatic heterocycles. The van der Waals surface area contributed by atoms with Gasteiger partial charge in [0.1, 0.15) is 0 Å². The molecule has 10 nitrogen and oxygen atoms in total. The van der Waals surface area contributed by atoms with Gasteiger partial charge in [0.05, 0.1) is 36.6 Å². The molecule has 222 valence electrons. The topological polar surface area (TPSA) is 108 Å². The van der Waals surface area contributed by atoms with Gasteiger partial charge in [0.2, 0.25) is 11.9 Å². The van der Waals surface area contributed by atoms with Crippen molar-refractivity contribution in [2.75, 3.05) is 55.0 Å². The van der Waals surface area contributed by atoms with Crippen molar-refractivity contribution in [3.8, 4) is 0 Å². The summed E-state index contributed by atoms with van der Waals surface area (Å²) in [6.07, 6.45) is 4.55. The van der Waals surface area contributed by atoms with Crippen molar-refractivity contribution in [3.63, 3.8) is 0 Å². The minimum Gasteiger partial charge on any atom is -0.465 e. The second kappa shape index (κ2) is 11.5. The number of rotatable bonds is 5. The van der Waals surface area contributed by atoms with E-state index >= 15 is 0 Å². The maximum absolute atomic E-state index is 14.0. The Kier molecular flexibility index (Phi) is 7.60. The van der Waals surface area contributed by atoms with E-state index in [0.717, 1.165) is 22.6 Å². The largest absolute Gasteiger partial charge is 0.465 e. The third-order valence-corrected chi connectivity index (χ3v) is 8.42. The number of methoxy groups -OCH3 is 1. The van der Waals surface area contributed by atoms with E-state index in [2.05, 4.69) is 34.0 Å². The SMILES string of the molecule is COC(=O)c1ccc(C2C3=C(CC(C)(C)CC3=O)Nc3ccccc3N2CC(=O)N2CCN(c3ncccn3)CC2)cc1. The van der Waals surface area contributed by atoms with Crippen molar-refractivity contribution < 1.29 is 19.1 Å². The molecule has 2 aromatic carbocycles. The lowest BCUT2D eigenvalue weighted by Crippen LogP contribution is -2.52. The van der Waals surface area contributed by atoms with Crippen molar-refractivity contribution in [2.24, 2.45) is 5.41 Å². The highest BCUT2D eigenvalue weighted by atomic mass is 16.5. The van der Waals surface area contributed by atoms with E-state index in [1.54, 1.807) is 30.6 Å². The Labute approximate surface area is 251 Å². The summed E-state index contributed by atoms with van der Waals surface area (Å²) in [5.41, 5.74) is 4.28. The van der Waals surface area contributed by atoms with Crippen LogP contribution >= 0.6 is 0 Å². The zero-order valence-electron chi connectivity index (χ0n) is 24.7. The first kappa shape index (κ1) is 28.4. The third kappa shape index (κ3) is 5.69. The molecule has 6 rings (SSSR count). The highest BCUT2D eigenvalue weighted by molar-refractivity contribution is 6.02. The molecule has 0 bridgehead atoms. The molecule has 1 amide bonds. The van der Waals surface area contributed by atoms with Gasteiger partial charge in [-0.05, 0) is 47.7 Å². The molecule has 1 fully saturated rings. The first-order chi connectivity index (χ1) is 20.7. The number of esters is 1. The van der Waals surface area contributed by atoms with Crippen molar-refractivity contribution in [3.05, 3.63) is 89.4 Å². The molecule has 3 heterocycles. The van der Waals surface area contributed by atoms with Gasteiger partial charge in [-0.2, -0.15) is 0 Å². The van der Waals surface area contributed by atoms with Crippen LogP contribution in [0.15, 0.2) is 78.3 Å². The standard InChI is InChI=1S/C33H36N6O4/c1-33(2)19-25-29(27(40)20-33)30(22-9-11-23(12-10-22)31(42)43-3)39(26-8-5-4-7-24(26)36-25)21-28(41)37-15-17-38(18-16-37)32-34-13-6-14-35-32/h4-14,30,36H,15-21H2,1-3H3. The van der Waals surface area contributed by atoms with Crippen LogP contribution in [-0.4, -0.2) is 72.4 Å². The summed E-state index contributed by atoms with van der Waals surface area (Å²) in [6.45, 7) is 6.65. The van der Waals surface area contributed by atoms with Crippen molar-refractivity contribution in [2.45, 2.75) is 32.7 Å². The number of para-hydroxylation sites is 2. The number of ketones is 1.